The van der Waals surface area contributed by atoms with Crippen LogP contribution >= 0.6 is 11.8 Å². The first kappa shape index (κ1) is 8.63. The van der Waals surface area contributed by atoms with Crippen LogP contribution in [0.4, 0.5) is 4.39 Å². The van der Waals surface area contributed by atoms with Crippen LogP contribution in [0, 0.1) is 5.82 Å². The minimum absolute atomic E-state index is 0.172. The molecule has 0 unspecified atom stereocenters. The molecule has 1 nitrogen and oxygen atoms in total. The summed E-state index contributed by atoms with van der Waals surface area (Å²) in [5, 5.41) is 0.995. The fourth-order valence-electron chi connectivity index (χ4n) is 1.43. The second-order valence-electron chi connectivity index (χ2n) is 2.94. The SMILES string of the molecule is CSCc1c[nH]c2ccc(F)cc12. The zero-order valence-electron chi connectivity index (χ0n) is 7.30. The topological polar surface area (TPSA) is 15.8 Å². The minimum atomic E-state index is -0.172. The molecule has 3 heteroatoms. The van der Waals surface area contributed by atoms with Gasteiger partial charge in [-0.3, -0.25) is 0 Å². The highest BCUT2D eigenvalue weighted by atomic mass is 32.2. The van der Waals surface area contributed by atoms with Gasteiger partial charge in [0.05, 0.1) is 0 Å². The van der Waals surface area contributed by atoms with Crippen molar-refractivity contribution in [2.45, 2.75) is 5.75 Å². The second kappa shape index (κ2) is 3.42. The van der Waals surface area contributed by atoms with Crippen molar-refractivity contribution in [1.29, 1.82) is 0 Å². The first-order chi connectivity index (χ1) is 6.31. The maximum atomic E-state index is 12.9. The van der Waals surface area contributed by atoms with E-state index in [0.717, 1.165) is 16.7 Å². The molecule has 1 aromatic heterocycles. The molecule has 0 saturated heterocycles. The minimum Gasteiger partial charge on any atom is -0.361 e. The summed E-state index contributed by atoms with van der Waals surface area (Å²) in [6.45, 7) is 0. The summed E-state index contributed by atoms with van der Waals surface area (Å²) >= 11 is 1.74. The highest BCUT2D eigenvalue weighted by molar-refractivity contribution is 7.97. The van der Waals surface area contributed by atoms with Crippen molar-refractivity contribution in [2.75, 3.05) is 6.26 Å². The van der Waals surface area contributed by atoms with E-state index in [-0.39, 0.29) is 5.82 Å². The van der Waals surface area contributed by atoms with Crippen LogP contribution in [0.1, 0.15) is 5.56 Å². The van der Waals surface area contributed by atoms with Crippen LogP contribution in [0.25, 0.3) is 10.9 Å². The zero-order valence-corrected chi connectivity index (χ0v) is 8.12. The van der Waals surface area contributed by atoms with Crippen LogP contribution in [0.3, 0.4) is 0 Å². The van der Waals surface area contributed by atoms with Crippen LogP contribution in [0.5, 0.6) is 0 Å². The van der Waals surface area contributed by atoms with Crippen molar-refractivity contribution in [1.82, 2.24) is 4.98 Å². The van der Waals surface area contributed by atoms with Gasteiger partial charge in [0.25, 0.3) is 0 Å². The van der Waals surface area contributed by atoms with E-state index in [0.29, 0.717) is 0 Å². The summed E-state index contributed by atoms with van der Waals surface area (Å²) in [4.78, 5) is 3.12. The molecule has 0 aliphatic heterocycles. The molecule has 0 bridgehead atoms. The fourth-order valence-corrected chi connectivity index (χ4v) is 1.98. The summed E-state index contributed by atoms with van der Waals surface area (Å²) in [6.07, 6.45) is 3.98. The number of H-pyrrole nitrogens is 1. The standard InChI is InChI=1S/C10H10FNS/c1-13-6-7-5-12-10-3-2-8(11)4-9(7)10/h2-5,12H,6H2,1H3. The van der Waals surface area contributed by atoms with Gasteiger partial charge in [-0.15, -0.1) is 0 Å². The predicted molar refractivity (Wildman–Crippen MR) is 55.5 cm³/mol. The lowest BCUT2D eigenvalue weighted by Gasteiger charge is -1.95. The molecule has 2 aromatic rings. The van der Waals surface area contributed by atoms with Crippen molar-refractivity contribution in [3.63, 3.8) is 0 Å². The van der Waals surface area contributed by atoms with E-state index in [9.17, 15) is 4.39 Å². The Kier molecular flexibility index (Phi) is 2.27. The number of benzene rings is 1. The van der Waals surface area contributed by atoms with Gasteiger partial charge < -0.3 is 4.98 Å². The third-order valence-corrected chi connectivity index (χ3v) is 2.63. The Morgan fingerprint density at radius 3 is 3.08 bits per heavy atom. The number of hydrogen-bond acceptors (Lipinski definition) is 1. The summed E-state index contributed by atoms with van der Waals surface area (Å²) < 4.78 is 12.9. The molecule has 0 atom stereocenters. The van der Waals surface area contributed by atoms with E-state index in [1.165, 1.54) is 11.6 Å². The number of halogens is 1. The third-order valence-electron chi connectivity index (χ3n) is 2.03. The average Bonchev–Trinajstić information content (AvgIpc) is 2.49. The van der Waals surface area contributed by atoms with Crippen molar-refractivity contribution < 1.29 is 4.39 Å². The number of thioether (sulfide) groups is 1. The molecule has 0 aliphatic carbocycles. The van der Waals surface area contributed by atoms with Crippen molar-refractivity contribution in [3.05, 3.63) is 35.8 Å². The van der Waals surface area contributed by atoms with E-state index in [4.69, 9.17) is 0 Å². The van der Waals surface area contributed by atoms with Gasteiger partial charge in [-0.2, -0.15) is 11.8 Å². The van der Waals surface area contributed by atoms with Gasteiger partial charge in [0.15, 0.2) is 0 Å². The quantitative estimate of drug-likeness (QED) is 0.778. The Morgan fingerprint density at radius 1 is 1.46 bits per heavy atom. The largest absolute Gasteiger partial charge is 0.361 e. The number of hydrogen-bond donors (Lipinski definition) is 1. The van der Waals surface area contributed by atoms with Gasteiger partial charge in [-0.1, -0.05) is 0 Å². The highest BCUT2D eigenvalue weighted by Crippen LogP contribution is 2.22. The van der Waals surface area contributed by atoms with E-state index in [2.05, 4.69) is 4.98 Å². The van der Waals surface area contributed by atoms with Gasteiger partial charge >= 0.3 is 0 Å². The molecule has 0 fully saturated rings. The predicted octanol–water partition coefficient (Wildman–Crippen LogP) is 3.17. The molecule has 0 radical (unpaired) electrons. The Hall–Kier alpha value is -0.960. The molecule has 2 rings (SSSR count). The van der Waals surface area contributed by atoms with Crippen LogP contribution in [-0.2, 0) is 5.75 Å². The smallest absolute Gasteiger partial charge is 0.123 e. The first-order valence-electron chi connectivity index (χ1n) is 4.05. The Bertz CT molecular complexity index is 422. The maximum Gasteiger partial charge on any atom is 0.123 e. The van der Waals surface area contributed by atoms with Gasteiger partial charge in [0.2, 0.25) is 0 Å². The number of nitrogens with one attached hydrogen (secondary N) is 1. The van der Waals surface area contributed by atoms with E-state index in [1.54, 1.807) is 23.9 Å². The highest BCUT2D eigenvalue weighted by Gasteiger charge is 2.03. The lowest BCUT2D eigenvalue weighted by molar-refractivity contribution is 0.629. The zero-order chi connectivity index (χ0) is 9.26. The Balaban J connectivity index is 2.58. The third kappa shape index (κ3) is 1.56. The van der Waals surface area contributed by atoms with Crippen LogP contribution in [-0.4, -0.2) is 11.2 Å². The molecule has 1 N–H and O–H groups in total. The lowest BCUT2D eigenvalue weighted by atomic mass is 10.2. The molecule has 0 amide bonds. The van der Waals surface area contributed by atoms with Gasteiger partial charge in [-0.05, 0) is 30.0 Å². The number of fused-ring (bicyclic) bond motifs is 1. The molecule has 0 spiro atoms. The van der Waals surface area contributed by atoms with Gasteiger partial charge in [-0.25, -0.2) is 4.39 Å². The number of rotatable bonds is 2. The summed E-state index contributed by atoms with van der Waals surface area (Å²) in [6, 6.07) is 4.83. The monoisotopic (exact) mass is 195 g/mol. The molecule has 1 aromatic carbocycles. The molecule has 1 heterocycles. The van der Waals surface area contributed by atoms with E-state index < -0.39 is 0 Å². The van der Waals surface area contributed by atoms with Crippen molar-refractivity contribution in [3.8, 4) is 0 Å². The van der Waals surface area contributed by atoms with Gasteiger partial charge in [0.1, 0.15) is 5.82 Å². The van der Waals surface area contributed by atoms with E-state index >= 15 is 0 Å². The number of aromatic nitrogens is 1. The normalized spacial score (nSPS) is 10.9. The summed E-state index contributed by atoms with van der Waals surface area (Å²) in [5.74, 6) is 0.748. The average molecular weight is 195 g/mol. The summed E-state index contributed by atoms with van der Waals surface area (Å²) in [7, 11) is 0. The molecule has 0 saturated carbocycles. The lowest BCUT2D eigenvalue weighted by Crippen LogP contribution is -1.77. The van der Waals surface area contributed by atoms with Crippen molar-refractivity contribution in [2.24, 2.45) is 0 Å². The fraction of sp³-hybridized carbons (Fsp3) is 0.200. The Labute approximate surface area is 80.3 Å². The molecular formula is C10H10FNS. The van der Waals surface area contributed by atoms with Gasteiger partial charge in [0, 0.05) is 22.9 Å². The summed E-state index contributed by atoms with van der Waals surface area (Å²) in [5.41, 5.74) is 2.17. The Morgan fingerprint density at radius 2 is 2.31 bits per heavy atom. The van der Waals surface area contributed by atoms with Crippen LogP contribution in [0.2, 0.25) is 0 Å². The molecule has 13 heavy (non-hydrogen) atoms. The maximum absolute atomic E-state index is 12.9. The number of aromatic amines is 1. The van der Waals surface area contributed by atoms with Crippen molar-refractivity contribution >= 4 is 22.7 Å². The van der Waals surface area contributed by atoms with Crippen LogP contribution < -0.4 is 0 Å². The van der Waals surface area contributed by atoms with Crippen LogP contribution in [0.15, 0.2) is 24.4 Å². The van der Waals surface area contributed by atoms with E-state index in [1.807, 2.05) is 12.5 Å². The second-order valence-corrected chi connectivity index (χ2v) is 3.80. The molecule has 0 aliphatic rings. The molecule has 68 valence electrons. The molecular weight excluding hydrogens is 185 g/mol. The first-order valence-corrected chi connectivity index (χ1v) is 5.45.